The van der Waals surface area contributed by atoms with Gasteiger partial charge in [-0.05, 0) is 62.3 Å². The lowest BCUT2D eigenvalue weighted by molar-refractivity contribution is -0.146. The van der Waals surface area contributed by atoms with Crippen LogP contribution in [0.1, 0.15) is 65.7 Å². The maximum absolute atomic E-state index is 13.2. The Labute approximate surface area is 180 Å². The van der Waals surface area contributed by atoms with Crippen LogP contribution in [0.15, 0.2) is 12.2 Å². The number of hydrogen-bond donors (Lipinski definition) is 3. The van der Waals surface area contributed by atoms with Crippen LogP contribution in [0.2, 0.25) is 0 Å². The lowest BCUT2D eigenvalue weighted by Gasteiger charge is -2.24. The van der Waals surface area contributed by atoms with E-state index in [2.05, 4.69) is 10.6 Å². The molecule has 4 aliphatic carbocycles. The van der Waals surface area contributed by atoms with Gasteiger partial charge in [-0.25, -0.2) is 0 Å². The first-order valence-corrected chi connectivity index (χ1v) is 12.0. The predicted octanol–water partition coefficient (Wildman–Crippen LogP) is 3.76. The standard InChI is InChI=1S/C23H28N2O4S/c26-20(17-12-9-10-13(11-12)18(17)23(28)29)25-22-19(15-7-3-4-8-16(15)30-22)21(27)24-14-5-1-2-6-14/h9-10,12-14,17-18H,1-8,11H2,(H,24,27)(H,25,26)(H,28,29)/t12-,13-,17-,18+/m0/s1. The number of aliphatic carboxylic acids is 1. The molecule has 0 radical (unpaired) electrons. The summed E-state index contributed by atoms with van der Waals surface area (Å²) in [5, 5.41) is 16.5. The molecule has 2 amide bonds. The molecule has 30 heavy (non-hydrogen) atoms. The molecule has 7 heteroatoms. The molecule has 2 fully saturated rings. The number of nitrogens with one attached hydrogen (secondary N) is 2. The third kappa shape index (κ3) is 3.37. The summed E-state index contributed by atoms with van der Waals surface area (Å²) in [6, 6.07) is 0.215. The van der Waals surface area contributed by atoms with Crippen molar-refractivity contribution in [1.82, 2.24) is 5.32 Å². The molecule has 1 heterocycles. The number of fused-ring (bicyclic) bond motifs is 3. The topological polar surface area (TPSA) is 95.5 Å². The van der Waals surface area contributed by atoms with Crippen LogP contribution in [0.4, 0.5) is 5.00 Å². The number of anilines is 1. The number of rotatable bonds is 5. The van der Waals surface area contributed by atoms with Crippen LogP contribution in [0, 0.1) is 23.7 Å². The highest BCUT2D eigenvalue weighted by Crippen LogP contribution is 2.49. The van der Waals surface area contributed by atoms with Crippen molar-refractivity contribution in [2.75, 3.05) is 5.32 Å². The molecule has 3 N–H and O–H groups in total. The molecular weight excluding hydrogens is 400 g/mol. The van der Waals surface area contributed by atoms with Gasteiger partial charge in [-0.15, -0.1) is 11.3 Å². The molecule has 2 bridgehead atoms. The quantitative estimate of drug-likeness (QED) is 0.622. The number of aryl methyl sites for hydroxylation is 1. The number of carboxylic acid groups (broad SMARTS) is 1. The number of carbonyl (C=O) groups is 3. The smallest absolute Gasteiger partial charge is 0.307 e. The number of thiophene rings is 1. The number of amides is 2. The Morgan fingerprint density at radius 1 is 0.967 bits per heavy atom. The Morgan fingerprint density at radius 2 is 1.67 bits per heavy atom. The van der Waals surface area contributed by atoms with E-state index in [1.807, 2.05) is 12.2 Å². The maximum atomic E-state index is 13.2. The zero-order chi connectivity index (χ0) is 20.8. The molecule has 0 spiro atoms. The summed E-state index contributed by atoms with van der Waals surface area (Å²) < 4.78 is 0. The van der Waals surface area contributed by atoms with Gasteiger partial charge in [0.15, 0.2) is 0 Å². The molecule has 6 nitrogen and oxygen atoms in total. The number of hydrogen-bond acceptors (Lipinski definition) is 4. The maximum Gasteiger partial charge on any atom is 0.307 e. The third-order valence-corrected chi connectivity index (χ3v) is 8.58. The first kappa shape index (κ1) is 19.8. The van der Waals surface area contributed by atoms with Gasteiger partial charge >= 0.3 is 5.97 Å². The molecule has 1 aromatic rings. The normalized spacial score (nSPS) is 29.7. The Kier molecular flexibility index (Phi) is 5.17. The highest BCUT2D eigenvalue weighted by atomic mass is 32.1. The molecule has 4 aliphatic rings. The van der Waals surface area contributed by atoms with Gasteiger partial charge in [0.1, 0.15) is 5.00 Å². The number of carboxylic acids is 1. The van der Waals surface area contributed by atoms with E-state index in [1.165, 1.54) is 16.2 Å². The van der Waals surface area contributed by atoms with Crippen molar-refractivity contribution in [2.24, 2.45) is 23.7 Å². The van der Waals surface area contributed by atoms with Gasteiger partial charge in [0.25, 0.3) is 5.91 Å². The summed E-state index contributed by atoms with van der Waals surface area (Å²) in [6.07, 6.45) is 12.9. The van der Waals surface area contributed by atoms with E-state index < -0.39 is 17.8 Å². The lowest BCUT2D eigenvalue weighted by atomic mass is 9.82. The molecule has 0 unspecified atom stereocenters. The van der Waals surface area contributed by atoms with E-state index >= 15 is 0 Å². The highest BCUT2D eigenvalue weighted by Gasteiger charge is 2.51. The second kappa shape index (κ2) is 7.84. The van der Waals surface area contributed by atoms with Gasteiger partial charge in [0.05, 0.1) is 17.4 Å². The molecular formula is C23H28N2O4S. The molecule has 1 aromatic heterocycles. The fraction of sp³-hybridized carbons (Fsp3) is 0.609. The van der Waals surface area contributed by atoms with Crippen LogP contribution < -0.4 is 10.6 Å². The largest absolute Gasteiger partial charge is 0.481 e. The molecule has 5 rings (SSSR count). The Balaban J connectivity index is 1.42. The van der Waals surface area contributed by atoms with E-state index in [0.29, 0.717) is 10.6 Å². The van der Waals surface area contributed by atoms with Crippen LogP contribution in [-0.2, 0) is 22.4 Å². The van der Waals surface area contributed by atoms with Crippen LogP contribution in [0.5, 0.6) is 0 Å². The Morgan fingerprint density at radius 3 is 2.40 bits per heavy atom. The van der Waals surface area contributed by atoms with Gasteiger partial charge in [-0.1, -0.05) is 25.0 Å². The summed E-state index contributed by atoms with van der Waals surface area (Å²) in [5.74, 6) is -2.58. The second-order valence-corrected chi connectivity index (χ2v) is 10.3. The Bertz CT molecular complexity index is 915. The van der Waals surface area contributed by atoms with E-state index in [4.69, 9.17) is 0 Å². The molecule has 0 aliphatic heterocycles. The Hall–Kier alpha value is -2.15. The van der Waals surface area contributed by atoms with Crippen molar-refractivity contribution in [3.05, 3.63) is 28.2 Å². The SMILES string of the molecule is O=C(NC1CCCC1)c1c(NC(=O)[C@@H]2[C@H](C(=O)O)[C@H]3C=C[C@H]2C3)sc2c1CCCC2. The van der Waals surface area contributed by atoms with Gasteiger partial charge < -0.3 is 15.7 Å². The van der Waals surface area contributed by atoms with E-state index in [-0.39, 0.29) is 29.7 Å². The molecule has 2 saturated carbocycles. The van der Waals surface area contributed by atoms with E-state index in [0.717, 1.165) is 63.4 Å². The fourth-order valence-electron chi connectivity index (χ4n) is 5.93. The summed E-state index contributed by atoms with van der Waals surface area (Å²) in [4.78, 5) is 39.4. The van der Waals surface area contributed by atoms with Gasteiger partial charge in [0.2, 0.25) is 5.91 Å². The zero-order valence-electron chi connectivity index (χ0n) is 17.0. The van der Waals surface area contributed by atoms with Crippen molar-refractivity contribution >= 4 is 34.1 Å². The molecule has 4 atom stereocenters. The molecule has 160 valence electrons. The fourth-order valence-corrected chi connectivity index (χ4v) is 7.22. The summed E-state index contributed by atoms with van der Waals surface area (Å²) in [7, 11) is 0. The molecule has 0 saturated heterocycles. The summed E-state index contributed by atoms with van der Waals surface area (Å²) >= 11 is 1.51. The minimum Gasteiger partial charge on any atom is -0.481 e. The zero-order valence-corrected chi connectivity index (χ0v) is 17.8. The first-order valence-electron chi connectivity index (χ1n) is 11.2. The van der Waals surface area contributed by atoms with Crippen LogP contribution in [0.25, 0.3) is 0 Å². The number of carbonyl (C=O) groups excluding carboxylic acids is 2. The molecule has 0 aromatic carbocycles. The van der Waals surface area contributed by atoms with Crippen molar-refractivity contribution in [3.63, 3.8) is 0 Å². The highest BCUT2D eigenvalue weighted by molar-refractivity contribution is 7.17. The predicted molar refractivity (Wildman–Crippen MR) is 115 cm³/mol. The summed E-state index contributed by atoms with van der Waals surface area (Å²) in [5.41, 5.74) is 1.71. The van der Waals surface area contributed by atoms with Crippen molar-refractivity contribution in [3.8, 4) is 0 Å². The van der Waals surface area contributed by atoms with Crippen molar-refractivity contribution in [1.29, 1.82) is 0 Å². The van der Waals surface area contributed by atoms with Crippen LogP contribution in [0.3, 0.4) is 0 Å². The van der Waals surface area contributed by atoms with Gasteiger partial charge in [0, 0.05) is 10.9 Å². The minimum atomic E-state index is -0.906. The minimum absolute atomic E-state index is 0.0264. The monoisotopic (exact) mass is 428 g/mol. The number of allylic oxidation sites excluding steroid dienone is 2. The van der Waals surface area contributed by atoms with Crippen LogP contribution in [-0.4, -0.2) is 28.9 Å². The average molecular weight is 429 g/mol. The van der Waals surface area contributed by atoms with Crippen molar-refractivity contribution < 1.29 is 19.5 Å². The van der Waals surface area contributed by atoms with Crippen LogP contribution >= 0.6 is 11.3 Å². The third-order valence-electron chi connectivity index (χ3n) is 7.37. The van der Waals surface area contributed by atoms with Crippen molar-refractivity contribution in [2.45, 2.75) is 63.8 Å². The second-order valence-electron chi connectivity index (χ2n) is 9.20. The first-order chi connectivity index (χ1) is 14.5. The van der Waals surface area contributed by atoms with Gasteiger partial charge in [-0.3, -0.25) is 14.4 Å². The average Bonchev–Trinajstić information content (AvgIpc) is 3.50. The van der Waals surface area contributed by atoms with E-state index in [1.54, 1.807) is 0 Å². The van der Waals surface area contributed by atoms with Gasteiger partial charge in [-0.2, -0.15) is 0 Å². The van der Waals surface area contributed by atoms with E-state index in [9.17, 15) is 19.5 Å². The lowest BCUT2D eigenvalue weighted by Crippen LogP contribution is -2.37. The summed E-state index contributed by atoms with van der Waals surface area (Å²) in [6.45, 7) is 0.